The summed E-state index contributed by atoms with van der Waals surface area (Å²) < 4.78 is 43.2. The van der Waals surface area contributed by atoms with Crippen LogP contribution in [0.3, 0.4) is 0 Å². The zero-order valence-electron chi connectivity index (χ0n) is 17.8. The monoisotopic (exact) mass is 449 g/mol. The van der Waals surface area contributed by atoms with E-state index in [1.807, 2.05) is 30.3 Å². The number of amides is 1. The molecular formula is C23H28FNO5S. The highest BCUT2D eigenvalue weighted by atomic mass is 32.2. The Morgan fingerprint density at radius 2 is 1.94 bits per heavy atom. The highest BCUT2D eigenvalue weighted by Gasteiger charge is 2.43. The fraction of sp³-hybridized carbons (Fsp3) is 0.435. The summed E-state index contributed by atoms with van der Waals surface area (Å²) in [4.78, 5) is 18.0. The molecule has 168 valence electrons. The average molecular weight is 450 g/mol. The van der Waals surface area contributed by atoms with Gasteiger partial charge in [0, 0.05) is 19.3 Å². The van der Waals surface area contributed by atoms with Crippen LogP contribution in [0.2, 0.25) is 0 Å². The Bertz CT molecular complexity index is 1010. The van der Waals surface area contributed by atoms with E-state index in [1.165, 1.54) is 13.0 Å². The van der Waals surface area contributed by atoms with E-state index in [0.717, 1.165) is 30.2 Å². The Labute approximate surface area is 182 Å². The minimum Gasteiger partial charge on any atom is -0.350 e. The predicted molar refractivity (Wildman–Crippen MR) is 116 cm³/mol. The summed E-state index contributed by atoms with van der Waals surface area (Å²) >= 11 is 0. The zero-order valence-corrected chi connectivity index (χ0v) is 18.6. The van der Waals surface area contributed by atoms with Crippen LogP contribution < -0.4 is 5.48 Å². The minimum atomic E-state index is -3.81. The van der Waals surface area contributed by atoms with Crippen molar-refractivity contribution in [1.29, 1.82) is 0 Å². The van der Waals surface area contributed by atoms with Crippen molar-refractivity contribution in [2.24, 2.45) is 0 Å². The smallest absolute Gasteiger partial charge is 0.264 e. The van der Waals surface area contributed by atoms with Crippen molar-refractivity contribution in [2.45, 2.75) is 50.1 Å². The maximum Gasteiger partial charge on any atom is 0.264 e. The SMILES string of the molecule is CC(CCc1ccc(-c2ccccc2)cc1F)(C(=O)NOC1CCCCO1)S(C)(=O)=O. The molecule has 1 fully saturated rings. The molecule has 31 heavy (non-hydrogen) atoms. The van der Waals surface area contributed by atoms with Crippen molar-refractivity contribution in [3.8, 4) is 11.1 Å². The number of benzene rings is 2. The Balaban J connectivity index is 1.70. The van der Waals surface area contributed by atoms with E-state index in [9.17, 15) is 17.6 Å². The van der Waals surface area contributed by atoms with E-state index >= 15 is 0 Å². The second-order valence-electron chi connectivity index (χ2n) is 8.02. The number of nitrogens with one attached hydrogen (secondary N) is 1. The first-order valence-corrected chi connectivity index (χ1v) is 12.2. The van der Waals surface area contributed by atoms with Gasteiger partial charge in [-0.1, -0.05) is 42.5 Å². The second kappa shape index (κ2) is 9.89. The molecule has 0 bridgehead atoms. The molecule has 0 saturated carbocycles. The lowest BCUT2D eigenvalue weighted by atomic mass is 9.97. The molecule has 0 aromatic heterocycles. The van der Waals surface area contributed by atoms with Crippen LogP contribution in [0.25, 0.3) is 11.1 Å². The van der Waals surface area contributed by atoms with E-state index in [-0.39, 0.29) is 12.8 Å². The van der Waals surface area contributed by atoms with Gasteiger partial charge >= 0.3 is 0 Å². The number of carbonyl (C=O) groups excluding carboxylic acids is 1. The van der Waals surface area contributed by atoms with Crippen LogP contribution in [-0.2, 0) is 30.6 Å². The molecular weight excluding hydrogens is 421 g/mol. The Morgan fingerprint density at radius 1 is 1.19 bits per heavy atom. The Hall–Kier alpha value is -2.29. The van der Waals surface area contributed by atoms with Gasteiger partial charge in [0.15, 0.2) is 16.1 Å². The molecule has 6 nitrogen and oxygen atoms in total. The van der Waals surface area contributed by atoms with Crippen molar-refractivity contribution in [1.82, 2.24) is 5.48 Å². The van der Waals surface area contributed by atoms with Gasteiger partial charge in [0.2, 0.25) is 0 Å². The number of hydrogen-bond acceptors (Lipinski definition) is 5. The highest BCUT2D eigenvalue weighted by molar-refractivity contribution is 7.92. The van der Waals surface area contributed by atoms with Crippen LogP contribution in [0.4, 0.5) is 4.39 Å². The van der Waals surface area contributed by atoms with Crippen LogP contribution in [-0.4, -0.2) is 38.2 Å². The van der Waals surface area contributed by atoms with Crippen molar-refractivity contribution in [3.05, 3.63) is 59.9 Å². The van der Waals surface area contributed by atoms with Gasteiger partial charge in [-0.3, -0.25) is 4.79 Å². The molecule has 1 aliphatic rings. The van der Waals surface area contributed by atoms with E-state index in [1.54, 1.807) is 12.1 Å². The van der Waals surface area contributed by atoms with Gasteiger partial charge < -0.3 is 4.74 Å². The van der Waals surface area contributed by atoms with Gasteiger partial charge in [0.1, 0.15) is 10.6 Å². The Kier molecular flexibility index (Phi) is 7.46. The molecule has 3 rings (SSSR count). The van der Waals surface area contributed by atoms with Gasteiger partial charge in [-0.25, -0.2) is 23.1 Å². The predicted octanol–water partition coefficient (Wildman–Crippen LogP) is 3.80. The summed E-state index contributed by atoms with van der Waals surface area (Å²) in [5, 5.41) is 0. The first-order chi connectivity index (χ1) is 14.7. The quantitative estimate of drug-likeness (QED) is 0.620. The lowest BCUT2D eigenvalue weighted by Crippen LogP contribution is -2.51. The van der Waals surface area contributed by atoms with Crippen molar-refractivity contribution in [2.75, 3.05) is 12.9 Å². The number of ether oxygens (including phenoxy) is 1. The van der Waals surface area contributed by atoms with Crippen molar-refractivity contribution >= 4 is 15.7 Å². The molecule has 1 aliphatic heterocycles. The fourth-order valence-corrected chi connectivity index (χ4v) is 4.28. The third kappa shape index (κ3) is 5.70. The number of halogens is 1. The number of sulfone groups is 1. The average Bonchev–Trinajstić information content (AvgIpc) is 2.77. The molecule has 2 atom stereocenters. The third-order valence-corrected chi connectivity index (χ3v) is 7.78. The maximum atomic E-state index is 14.7. The van der Waals surface area contributed by atoms with Crippen molar-refractivity contribution < 1.29 is 27.2 Å². The van der Waals surface area contributed by atoms with E-state index in [0.29, 0.717) is 18.6 Å². The number of hydroxylamine groups is 1. The van der Waals surface area contributed by atoms with Crippen molar-refractivity contribution in [3.63, 3.8) is 0 Å². The lowest BCUT2D eigenvalue weighted by molar-refractivity contribution is -0.201. The molecule has 1 amide bonds. The van der Waals surface area contributed by atoms with Crippen LogP contribution in [0.5, 0.6) is 0 Å². The second-order valence-corrected chi connectivity index (χ2v) is 10.5. The summed E-state index contributed by atoms with van der Waals surface area (Å²) in [6.45, 7) is 1.86. The van der Waals surface area contributed by atoms with Gasteiger partial charge in [-0.2, -0.15) is 0 Å². The molecule has 2 aromatic rings. The summed E-state index contributed by atoms with van der Waals surface area (Å²) in [5.41, 5.74) is 4.20. The largest absolute Gasteiger partial charge is 0.350 e. The number of hydrogen-bond donors (Lipinski definition) is 1. The maximum absolute atomic E-state index is 14.7. The normalized spacial score (nSPS) is 18.9. The third-order valence-electron chi connectivity index (χ3n) is 5.75. The van der Waals surface area contributed by atoms with Gasteiger partial charge in [-0.05, 0) is 55.4 Å². The first-order valence-electron chi connectivity index (χ1n) is 10.3. The molecule has 0 aliphatic carbocycles. The van der Waals surface area contributed by atoms with Gasteiger partial charge in [0.25, 0.3) is 5.91 Å². The van der Waals surface area contributed by atoms with E-state index < -0.39 is 32.6 Å². The first kappa shape index (κ1) is 23.4. The standard InChI is InChI=1S/C23H28FNO5S/c1-23(31(2,27)28,22(26)25-30-21-10-6-7-15-29-21)14-13-18-11-12-19(16-20(18)24)17-8-4-3-5-9-17/h3-5,8-9,11-12,16,21H,6-7,10,13-15H2,1-2H3,(H,25,26). The topological polar surface area (TPSA) is 81.7 Å². The molecule has 1 heterocycles. The van der Waals surface area contributed by atoms with Gasteiger partial charge in [0.05, 0.1) is 0 Å². The number of rotatable bonds is 8. The molecule has 2 unspecified atom stereocenters. The van der Waals surface area contributed by atoms with Gasteiger partial charge in [-0.15, -0.1) is 0 Å². The van der Waals surface area contributed by atoms with Crippen LogP contribution in [0.1, 0.15) is 38.2 Å². The number of aryl methyl sites for hydroxylation is 1. The lowest BCUT2D eigenvalue weighted by Gasteiger charge is -2.28. The van der Waals surface area contributed by atoms with Crippen LogP contribution in [0.15, 0.2) is 48.5 Å². The summed E-state index contributed by atoms with van der Waals surface area (Å²) in [7, 11) is -3.81. The summed E-state index contributed by atoms with van der Waals surface area (Å²) in [5.74, 6) is -1.23. The fourth-order valence-electron chi connectivity index (χ4n) is 3.43. The molecule has 8 heteroatoms. The van der Waals surface area contributed by atoms with E-state index in [4.69, 9.17) is 9.57 Å². The molecule has 1 saturated heterocycles. The molecule has 2 aromatic carbocycles. The summed E-state index contributed by atoms with van der Waals surface area (Å²) in [6.07, 6.45) is 2.84. The molecule has 1 N–H and O–H groups in total. The minimum absolute atomic E-state index is 0.0812. The number of carbonyl (C=O) groups is 1. The summed E-state index contributed by atoms with van der Waals surface area (Å²) in [6, 6.07) is 14.2. The zero-order chi connectivity index (χ0) is 22.5. The van der Waals surface area contributed by atoms with Crippen LogP contribution in [0, 0.1) is 5.82 Å². The van der Waals surface area contributed by atoms with E-state index in [2.05, 4.69) is 5.48 Å². The molecule has 0 spiro atoms. The Morgan fingerprint density at radius 3 is 2.55 bits per heavy atom. The van der Waals surface area contributed by atoms with Crippen LogP contribution >= 0.6 is 0 Å². The highest BCUT2D eigenvalue weighted by Crippen LogP contribution is 2.27. The molecule has 0 radical (unpaired) electrons.